The fourth-order valence-electron chi connectivity index (χ4n) is 2.26. The van der Waals surface area contributed by atoms with Crippen LogP contribution >= 0.6 is 31.9 Å². The van der Waals surface area contributed by atoms with Crippen molar-refractivity contribution in [2.24, 2.45) is 0 Å². The van der Waals surface area contributed by atoms with Gasteiger partial charge in [-0.1, -0.05) is 34.1 Å². The lowest BCUT2D eigenvalue weighted by atomic mass is 10.1. The van der Waals surface area contributed by atoms with Gasteiger partial charge in [-0.25, -0.2) is 0 Å². The van der Waals surface area contributed by atoms with E-state index in [1.807, 2.05) is 37.3 Å². The molecule has 0 fully saturated rings. The van der Waals surface area contributed by atoms with Crippen molar-refractivity contribution in [3.8, 4) is 0 Å². The average molecular weight is 395 g/mol. The topological polar surface area (TPSA) is 25.2 Å². The molecule has 3 aromatic rings. The van der Waals surface area contributed by atoms with Crippen molar-refractivity contribution in [2.45, 2.75) is 13.5 Å². The van der Waals surface area contributed by atoms with E-state index in [0.717, 1.165) is 32.5 Å². The van der Waals surface area contributed by atoms with E-state index in [0.29, 0.717) is 0 Å². The highest BCUT2D eigenvalue weighted by molar-refractivity contribution is 9.11. The van der Waals surface area contributed by atoms with Crippen LogP contribution in [0.15, 0.2) is 55.8 Å². The largest absolute Gasteiger partial charge is 0.461 e. The number of rotatable bonds is 3. The van der Waals surface area contributed by atoms with E-state index in [1.165, 1.54) is 10.9 Å². The van der Waals surface area contributed by atoms with Gasteiger partial charge in [0, 0.05) is 32.1 Å². The zero-order chi connectivity index (χ0) is 14.1. The summed E-state index contributed by atoms with van der Waals surface area (Å²) in [6.07, 6.45) is 0. The van der Waals surface area contributed by atoms with Crippen LogP contribution in [0.3, 0.4) is 0 Å². The molecular weight excluding hydrogens is 382 g/mol. The number of halogens is 2. The number of fused-ring (bicyclic) bond motifs is 1. The molecule has 0 radical (unpaired) electrons. The summed E-state index contributed by atoms with van der Waals surface area (Å²) in [7, 11) is 0. The van der Waals surface area contributed by atoms with Gasteiger partial charge in [-0.15, -0.1) is 0 Å². The Labute approximate surface area is 134 Å². The SMILES string of the molecule is Cc1oc2ccccc2c1CNc1cc(Br)ccc1Br. The summed E-state index contributed by atoms with van der Waals surface area (Å²) in [5.74, 6) is 0.963. The molecule has 20 heavy (non-hydrogen) atoms. The molecule has 1 aromatic heterocycles. The van der Waals surface area contributed by atoms with Gasteiger partial charge >= 0.3 is 0 Å². The number of para-hydroxylation sites is 1. The van der Waals surface area contributed by atoms with Gasteiger partial charge in [0.2, 0.25) is 0 Å². The third-order valence-electron chi connectivity index (χ3n) is 3.28. The third-order valence-corrected chi connectivity index (χ3v) is 4.47. The Bertz CT molecular complexity index is 764. The highest BCUT2D eigenvalue weighted by Crippen LogP contribution is 2.29. The Balaban J connectivity index is 1.90. The second-order valence-electron chi connectivity index (χ2n) is 4.61. The van der Waals surface area contributed by atoms with Crippen LogP contribution in [-0.4, -0.2) is 0 Å². The molecule has 0 saturated carbocycles. The maximum Gasteiger partial charge on any atom is 0.134 e. The maximum atomic E-state index is 5.78. The van der Waals surface area contributed by atoms with Crippen molar-refractivity contribution in [1.29, 1.82) is 0 Å². The van der Waals surface area contributed by atoms with Crippen LogP contribution in [0.4, 0.5) is 5.69 Å². The summed E-state index contributed by atoms with van der Waals surface area (Å²) in [4.78, 5) is 0. The highest BCUT2D eigenvalue weighted by Gasteiger charge is 2.10. The Morgan fingerprint density at radius 2 is 1.90 bits per heavy atom. The molecule has 102 valence electrons. The Hall–Kier alpha value is -1.26. The zero-order valence-corrected chi connectivity index (χ0v) is 14.1. The van der Waals surface area contributed by atoms with E-state index < -0.39 is 0 Å². The molecular formula is C16H13Br2NO. The number of hydrogen-bond acceptors (Lipinski definition) is 2. The second kappa shape index (κ2) is 5.62. The highest BCUT2D eigenvalue weighted by atomic mass is 79.9. The fourth-order valence-corrected chi connectivity index (χ4v) is 3.01. The van der Waals surface area contributed by atoms with Gasteiger partial charge in [0.05, 0.1) is 0 Å². The molecule has 0 saturated heterocycles. The number of aryl methyl sites for hydroxylation is 1. The first-order valence-electron chi connectivity index (χ1n) is 6.31. The fraction of sp³-hybridized carbons (Fsp3) is 0.125. The zero-order valence-electron chi connectivity index (χ0n) is 10.9. The minimum atomic E-state index is 0.734. The summed E-state index contributed by atoms with van der Waals surface area (Å²) in [6, 6.07) is 14.2. The van der Waals surface area contributed by atoms with Crippen molar-refractivity contribution < 1.29 is 4.42 Å². The van der Waals surface area contributed by atoms with E-state index in [-0.39, 0.29) is 0 Å². The molecule has 0 spiro atoms. The van der Waals surface area contributed by atoms with E-state index in [1.54, 1.807) is 0 Å². The molecule has 0 aliphatic carbocycles. The molecule has 0 amide bonds. The molecule has 4 heteroatoms. The molecule has 0 unspecified atom stereocenters. The first-order chi connectivity index (χ1) is 9.65. The lowest BCUT2D eigenvalue weighted by Crippen LogP contribution is -2.00. The van der Waals surface area contributed by atoms with Crippen LogP contribution in [0.2, 0.25) is 0 Å². The molecule has 2 aromatic carbocycles. The van der Waals surface area contributed by atoms with Gasteiger partial charge in [0.25, 0.3) is 0 Å². The van der Waals surface area contributed by atoms with Crippen LogP contribution in [0.1, 0.15) is 11.3 Å². The minimum Gasteiger partial charge on any atom is -0.461 e. The second-order valence-corrected chi connectivity index (χ2v) is 6.38. The average Bonchev–Trinajstić information content (AvgIpc) is 2.75. The van der Waals surface area contributed by atoms with E-state index in [2.05, 4.69) is 49.3 Å². The van der Waals surface area contributed by atoms with Crippen LogP contribution in [0, 0.1) is 6.92 Å². The van der Waals surface area contributed by atoms with Crippen LogP contribution in [0.5, 0.6) is 0 Å². The molecule has 1 heterocycles. The Morgan fingerprint density at radius 1 is 1.10 bits per heavy atom. The quantitative estimate of drug-likeness (QED) is 0.600. The smallest absolute Gasteiger partial charge is 0.134 e. The Morgan fingerprint density at radius 3 is 2.75 bits per heavy atom. The van der Waals surface area contributed by atoms with Crippen LogP contribution in [0.25, 0.3) is 11.0 Å². The maximum absolute atomic E-state index is 5.78. The van der Waals surface area contributed by atoms with Gasteiger partial charge in [0.15, 0.2) is 0 Å². The lowest BCUT2D eigenvalue weighted by molar-refractivity contribution is 0.573. The minimum absolute atomic E-state index is 0.734. The van der Waals surface area contributed by atoms with Crippen LogP contribution in [-0.2, 0) is 6.54 Å². The van der Waals surface area contributed by atoms with Gasteiger partial charge < -0.3 is 9.73 Å². The predicted molar refractivity (Wildman–Crippen MR) is 90.1 cm³/mol. The number of benzene rings is 2. The van der Waals surface area contributed by atoms with Gasteiger partial charge in [-0.05, 0) is 47.1 Å². The van der Waals surface area contributed by atoms with Crippen molar-refractivity contribution in [3.63, 3.8) is 0 Å². The van der Waals surface area contributed by atoms with E-state index in [4.69, 9.17) is 4.42 Å². The normalized spacial score (nSPS) is 10.9. The first kappa shape index (κ1) is 13.7. The van der Waals surface area contributed by atoms with Gasteiger partial charge in [-0.3, -0.25) is 0 Å². The number of nitrogens with one attached hydrogen (secondary N) is 1. The molecule has 1 N–H and O–H groups in total. The summed E-state index contributed by atoms with van der Waals surface area (Å²) in [6.45, 7) is 2.74. The monoisotopic (exact) mass is 393 g/mol. The van der Waals surface area contributed by atoms with Crippen molar-refractivity contribution in [2.75, 3.05) is 5.32 Å². The summed E-state index contributed by atoms with van der Waals surface area (Å²) in [5, 5.41) is 4.62. The molecule has 0 atom stereocenters. The third kappa shape index (κ3) is 2.63. The standard InChI is InChI=1S/C16H13Br2NO/c1-10-13(12-4-2-3-5-16(12)20-10)9-19-15-8-11(17)6-7-14(15)18/h2-8,19H,9H2,1H3. The first-order valence-corrected chi connectivity index (χ1v) is 7.89. The molecule has 0 aliphatic heterocycles. The number of anilines is 1. The van der Waals surface area contributed by atoms with E-state index >= 15 is 0 Å². The van der Waals surface area contributed by atoms with E-state index in [9.17, 15) is 0 Å². The van der Waals surface area contributed by atoms with Gasteiger partial charge in [0.1, 0.15) is 11.3 Å². The molecule has 3 rings (SSSR count). The van der Waals surface area contributed by atoms with Crippen molar-refractivity contribution >= 4 is 48.5 Å². The van der Waals surface area contributed by atoms with Crippen molar-refractivity contribution in [3.05, 3.63) is 62.7 Å². The Kier molecular flexibility index (Phi) is 3.85. The van der Waals surface area contributed by atoms with Crippen molar-refractivity contribution in [1.82, 2.24) is 0 Å². The summed E-state index contributed by atoms with van der Waals surface area (Å²) in [5.41, 5.74) is 3.20. The number of furan rings is 1. The molecule has 0 aliphatic rings. The molecule has 2 nitrogen and oxygen atoms in total. The molecule has 0 bridgehead atoms. The van der Waals surface area contributed by atoms with Gasteiger partial charge in [-0.2, -0.15) is 0 Å². The number of hydrogen-bond donors (Lipinski definition) is 1. The van der Waals surface area contributed by atoms with Crippen LogP contribution < -0.4 is 5.32 Å². The lowest BCUT2D eigenvalue weighted by Gasteiger charge is -2.09. The summed E-state index contributed by atoms with van der Waals surface area (Å²) < 4.78 is 7.88. The summed E-state index contributed by atoms with van der Waals surface area (Å²) >= 11 is 7.05. The predicted octanol–water partition coefficient (Wildman–Crippen LogP) is 5.88.